The molecule has 5 heteroatoms. The van der Waals surface area contributed by atoms with Crippen LogP contribution in [0.2, 0.25) is 0 Å². The number of hydrogen-bond donors (Lipinski definition) is 2. The van der Waals surface area contributed by atoms with E-state index in [2.05, 4.69) is 15.3 Å². The normalized spacial score (nSPS) is 10.8. The molecule has 0 aliphatic rings. The fourth-order valence-electron chi connectivity index (χ4n) is 1.83. The van der Waals surface area contributed by atoms with Crippen LogP contribution >= 0.6 is 0 Å². The zero-order chi connectivity index (χ0) is 14.5. The molecule has 2 rings (SSSR count). The van der Waals surface area contributed by atoms with Crippen molar-refractivity contribution in [1.82, 2.24) is 9.97 Å². The van der Waals surface area contributed by atoms with Gasteiger partial charge in [0.25, 0.3) is 5.56 Å². The summed E-state index contributed by atoms with van der Waals surface area (Å²) in [6.07, 6.45) is 0.732. The molecule has 1 aromatic carbocycles. The number of halogens is 1. The molecule has 0 unspecified atom stereocenters. The van der Waals surface area contributed by atoms with Crippen LogP contribution in [0.15, 0.2) is 35.1 Å². The maximum Gasteiger partial charge on any atom is 0.252 e. The second-order valence-electron chi connectivity index (χ2n) is 4.98. The van der Waals surface area contributed by atoms with Gasteiger partial charge in [0.05, 0.1) is 5.69 Å². The molecule has 0 amide bonds. The van der Waals surface area contributed by atoms with Crippen LogP contribution in [0.1, 0.15) is 31.0 Å². The second kappa shape index (κ2) is 6.32. The van der Waals surface area contributed by atoms with E-state index >= 15 is 0 Å². The summed E-state index contributed by atoms with van der Waals surface area (Å²) in [6, 6.07) is 7.88. The summed E-state index contributed by atoms with van der Waals surface area (Å²) < 4.78 is 12.8. The summed E-state index contributed by atoms with van der Waals surface area (Å²) in [5.41, 5.74) is 1.63. The minimum absolute atomic E-state index is 0.159. The summed E-state index contributed by atoms with van der Waals surface area (Å²) in [7, 11) is 0. The van der Waals surface area contributed by atoms with Crippen LogP contribution in [-0.2, 0) is 6.42 Å². The number of H-pyrrole nitrogens is 1. The number of aromatic amines is 1. The minimum atomic E-state index is -0.239. The predicted octanol–water partition coefficient (Wildman–Crippen LogP) is 2.69. The van der Waals surface area contributed by atoms with Crippen LogP contribution in [0, 0.1) is 5.82 Å². The fraction of sp³-hybridized carbons (Fsp3) is 0.333. The van der Waals surface area contributed by atoms with E-state index in [1.807, 2.05) is 13.8 Å². The molecule has 0 atom stereocenters. The van der Waals surface area contributed by atoms with E-state index in [0.717, 1.165) is 17.7 Å². The molecule has 1 aromatic heterocycles. The van der Waals surface area contributed by atoms with E-state index in [1.54, 1.807) is 12.1 Å². The van der Waals surface area contributed by atoms with Crippen molar-refractivity contribution in [3.8, 4) is 0 Å². The molecule has 2 N–H and O–H groups in total. The van der Waals surface area contributed by atoms with Crippen molar-refractivity contribution in [3.63, 3.8) is 0 Å². The Balaban J connectivity index is 1.97. The highest BCUT2D eigenvalue weighted by Crippen LogP contribution is 2.10. The third-order valence-electron chi connectivity index (χ3n) is 2.97. The van der Waals surface area contributed by atoms with Gasteiger partial charge in [-0.15, -0.1) is 0 Å². The van der Waals surface area contributed by atoms with Crippen LogP contribution in [-0.4, -0.2) is 16.5 Å². The first-order valence-corrected chi connectivity index (χ1v) is 6.64. The number of anilines is 1. The van der Waals surface area contributed by atoms with E-state index < -0.39 is 0 Å². The van der Waals surface area contributed by atoms with Crippen LogP contribution in [0.4, 0.5) is 10.3 Å². The van der Waals surface area contributed by atoms with Gasteiger partial charge < -0.3 is 5.32 Å². The van der Waals surface area contributed by atoms with E-state index in [9.17, 15) is 9.18 Å². The van der Waals surface area contributed by atoms with Crippen molar-refractivity contribution in [3.05, 3.63) is 57.8 Å². The van der Waals surface area contributed by atoms with Gasteiger partial charge in [-0.05, 0) is 30.0 Å². The largest absolute Gasteiger partial charge is 0.355 e. The Bertz CT molecular complexity index is 620. The van der Waals surface area contributed by atoms with Gasteiger partial charge in [0, 0.05) is 12.6 Å². The lowest BCUT2D eigenvalue weighted by Gasteiger charge is -2.08. The van der Waals surface area contributed by atoms with Gasteiger partial charge in [0.1, 0.15) is 5.82 Å². The first-order valence-electron chi connectivity index (χ1n) is 6.64. The molecule has 0 radical (unpaired) electrons. The fourth-order valence-corrected chi connectivity index (χ4v) is 1.83. The quantitative estimate of drug-likeness (QED) is 0.882. The average molecular weight is 275 g/mol. The van der Waals surface area contributed by atoms with Gasteiger partial charge >= 0.3 is 0 Å². The number of nitrogens with one attached hydrogen (secondary N) is 2. The van der Waals surface area contributed by atoms with Gasteiger partial charge in [-0.2, -0.15) is 0 Å². The molecule has 0 saturated carbocycles. The lowest BCUT2D eigenvalue weighted by Crippen LogP contribution is -2.16. The highest BCUT2D eigenvalue weighted by Gasteiger charge is 2.04. The van der Waals surface area contributed by atoms with Gasteiger partial charge in [0.2, 0.25) is 5.95 Å². The number of hydrogen-bond acceptors (Lipinski definition) is 3. The molecular formula is C15H18FN3O. The maximum absolute atomic E-state index is 12.8. The molecule has 20 heavy (non-hydrogen) atoms. The van der Waals surface area contributed by atoms with Gasteiger partial charge in [0.15, 0.2) is 0 Å². The molecule has 4 nitrogen and oxygen atoms in total. The molecular weight excluding hydrogens is 257 g/mol. The maximum atomic E-state index is 12.8. The van der Waals surface area contributed by atoms with Crippen molar-refractivity contribution in [2.45, 2.75) is 26.2 Å². The van der Waals surface area contributed by atoms with Crippen LogP contribution in [0.25, 0.3) is 0 Å². The SMILES string of the molecule is CC(C)c1cc(=O)[nH]c(NCCc2ccc(F)cc2)n1. The Morgan fingerprint density at radius 1 is 1.30 bits per heavy atom. The molecule has 0 aliphatic heterocycles. The van der Waals surface area contributed by atoms with Crippen molar-refractivity contribution in [1.29, 1.82) is 0 Å². The predicted molar refractivity (Wildman–Crippen MR) is 77.5 cm³/mol. The summed E-state index contributed by atoms with van der Waals surface area (Å²) in [5.74, 6) is 0.440. The van der Waals surface area contributed by atoms with E-state index in [-0.39, 0.29) is 17.3 Å². The molecule has 0 fully saturated rings. The van der Waals surface area contributed by atoms with Crippen molar-refractivity contribution in [2.24, 2.45) is 0 Å². The third kappa shape index (κ3) is 3.91. The van der Waals surface area contributed by atoms with Crippen LogP contribution in [0.5, 0.6) is 0 Å². The summed E-state index contributed by atoms with van der Waals surface area (Å²) in [6.45, 7) is 4.60. The second-order valence-corrected chi connectivity index (χ2v) is 4.98. The summed E-state index contributed by atoms with van der Waals surface area (Å²) in [5, 5.41) is 3.08. The lowest BCUT2D eigenvalue weighted by atomic mass is 10.1. The summed E-state index contributed by atoms with van der Waals surface area (Å²) >= 11 is 0. The third-order valence-corrected chi connectivity index (χ3v) is 2.97. The number of aromatic nitrogens is 2. The Hall–Kier alpha value is -2.17. The Morgan fingerprint density at radius 3 is 2.65 bits per heavy atom. The van der Waals surface area contributed by atoms with Crippen molar-refractivity contribution < 1.29 is 4.39 Å². The first-order chi connectivity index (χ1) is 9.54. The smallest absolute Gasteiger partial charge is 0.252 e. The Morgan fingerprint density at radius 2 is 2.00 bits per heavy atom. The van der Waals surface area contributed by atoms with Crippen LogP contribution in [0.3, 0.4) is 0 Å². The topological polar surface area (TPSA) is 57.8 Å². The van der Waals surface area contributed by atoms with Crippen molar-refractivity contribution >= 4 is 5.95 Å². The van der Waals surface area contributed by atoms with Gasteiger partial charge in [-0.3, -0.25) is 9.78 Å². The average Bonchev–Trinajstić information content (AvgIpc) is 2.40. The molecule has 0 bridgehead atoms. The van der Waals surface area contributed by atoms with E-state index in [0.29, 0.717) is 12.5 Å². The van der Waals surface area contributed by atoms with Crippen molar-refractivity contribution in [2.75, 3.05) is 11.9 Å². The highest BCUT2D eigenvalue weighted by atomic mass is 19.1. The zero-order valence-electron chi connectivity index (χ0n) is 11.6. The number of nitrogens with zero attached hydrogens (tertiary/aromatic N) is 1. The Labute approximate surface area is 117 Å². The molecule has 0 aliphatic carbocycles. The molecule has 1 heterocycles. The molecule has 0 spiro atoms. The van der Waals surface area contributed by atoms with E-state index in [4.69, 9.17) is 0 Å². The van der Waals surface area contributed by atoms with E-state index in [1.165, 1.54) is 18.2 Å². The standard InChI is InChI=1S/C15H18FN3O/c1-10(2)13-9-14(20)19-15(18-13)17-8-7-11-3-5-12(16)6-4-11/h3-6,9-10H,7-8H2,1-2H3,(H2,17,18,19,20). The van der Waals surface area contributed by atoms with Gasteiger partial charge in [-0.25, -0.2) is 9.37 Å². The van der Waals surface area contributed by atoms with Crippen LogP contribution < -0.4 is 10.9 Å². The molecule has 2 aromatic rings. The number of rotatable bonds is 5. The Kier molecular flexibility index (Phi) is 4.50. The molecule has 106 valence electrons. The monoisotopic (exact) mass is 275 g/mol. The zero-order valence-corrected chi connectivity index (χ0v) is 11.6. The first kappa shape index (κ1) is 14.2. The van der Waals surface area contributed by atoms with Gasteiger partial charge in [-0.1, -0.05) is 26.0 Å². The lowest BCUT2D eigenvalue weighted by molar-refractivity contribution is 0.627. The summed E-state index contributed by atoms with van der Waals surface area (Å²) in [4.78, 5) is 18.5. The minimum Gasteiger partial charge on any atom is -0.355 e. The number of benzene rings is 1. The molecule has 0 saturated heterocycles. The highest BCUT2D eigenvalue weighted by molar-refractivity contribution is 5.27.